The van der Waals surface area contributed by atoms with Gasteiger partial charge in [0.15, 0.2) is 6.23 Å². The van der Waals surface area contributed by atoms with E-state index in [0.717, 1.165) is 16.0 Å². The number of hydrogen-bond donors (Lipinski definition) is 2. The molecule has 1 fully saturated rings. The molecule has 1 aliphatic heterocycles. The lowest BCUT2D eigenvalue weighted by Gasteiger charge is -2.38. The van der Waals surface area contributed by atoms with Gasteiger partial charge in [0.05, 0.1) is 17.6 Å². The minimum atomic E-state index is -4.15. The number of likely N-dealkylation sites (tertiary alicyclic amines) is 1. The topological polar surface area (TPSA) is 122 Å². The summed E-state index contributed by atoms with van der Waals surface area (Å²) in [5, 5.41) is 9.83. The minimum Gasteiger partial charge on any atom is -0.468 e. The summed E-state index contributed by atoms with van der Waals surface area (Å²) >= 11 is 5.92. The second-order valence-corrected chi connectivity index (χ2v) is 9.76. The van der Waals surface area contributed by atoms with Gasteiger partial charge in [0, 0.05) is 18.0 Å². The molecule has 0 bridgehead atoms. The van der Waals surface area contributed by atoms with Gasteiger partial charge in [-0.3, -0.25) is 9.62 Å². The van der Waals surface area contributed by atoms with Crippen LogP contribution in [0.25, 0.3) is 11.1 Å². The molecule has 0 aliphatic carbocycles. The molecule has 1 amide bonds. The molecule has 1 atom stereocenters. The fraction of sp³-hybridized carbons (Fsp3) is 0.167. The minimum absolute atomic E-state index is 0.00482. The van der Waals surface area contributed by atoms with Gasteiger partial charge < -0.3 is 14.6 Å². The fourth-order valence-electron chi connectivity index (χ4n) is 3.53. The third kappa shape index (κ3) is 5.18. The molecule has 1 saturated heterocycles. The number of rotatable bonds is 7. The molecule has 182 valence electrons. The van der Waals surface area contributed by atoms with Crippen molar-refractivity contribution in [3.63, 3.8) is 0 Å². The molecule has 3 aromatic carbocycles. The van der Waals surface area contributed by atoms with Gasteiger partial charge in [-0.1, -0.05) is 41.9 Å². The van der Waals surface area contributed by atoms with Crippen LogP contribution in [0.3, 0.4) is 0 Å². The molecule has 4 rings (SSSR count). The Morgan fingerprint density at radius 2 is 1.66 bits per heavy atom. The molecule has 1 unspecified atom stereocenters. The third-order valence-electron chi connectivity index (χ3n) is 5.48. The van der Waals surface area contributed by atoms with E-state index in [1.807, 2.05) is 12.1 Å². The van der Waals surface area contributed by atoms with Gasteiger partial charge in [-0.15, -0.1) is 0 Å². The van der Waals surface area contributed by atoms with Gasteiger partial charge in [-0.25, -0.2) is 18.0 Å². The molecule has 0 saturated carbocycles. The quantitative estimate of drug-likeness (QED) is 0.437. The molecular weight excluding hydrogens is 496 g/mol. The second-order valence-electron chi connectivity index (χ2n) is 7.64. The summed E-state index contributed by atoms with van der Waals surface area (Å²) in [6.07, 6.45) is -1.54. The molecule has 9 nitrogen and oxygen atoms in total. The van der Waals surface area contributed by atoms with Gasteiger partial charge >= 0.3 is 12.1 Å². The zero-order valence-corrected chi connectivity index (χ0v) is 20.0. The van der Waals surface area contributed by atoms with E-state index < -0.39 is 28.3 Å². The molecule has 11 heteroatoms. The number of halogens is 1. The normalized spacial score (nSPS) is 15.1. The summed E-state index contributed by atoms with van der Waals surface area (Å²) in [5.41, 5.74) is 1.44. The number of nitrogens with zero attached hydrogens (tertiary/aromatic N) is 1. The maximum Gasteiger partial charge on any atom is 0.410 e. The number of anilines is 1. The summed E-state index contributed by atoms with van der Waals surface area (Å²) in [6, 6.07) is 17.6. The van der Waals surface area contributed by atoms with Gasteiger partial charge in [0.2, 0.25) is 0 Å². The number of ether oxygens (including phenoxy) is 2. The summed E-state index contributed by atoms with van der Waals surface area (Å²) in [5.74, 6) is -0.778. The SMILES string of the molecule is COC(=O)c1cccc(OC2CCN2C(=O)O)c1NS(=O)(=O)c1ccc(-c2ccc(Cl)cc2)cc1. The lowest BCUT2D eigenvalue weighted by Crippen LogP contribution is -2.53. The average Bonchev–Trinajstić information content (AvgIpc) is 2.82. The van der Waals surface area contributed by atoms with E-state index in [-0.39, 0.29) is 28.4 Å². The largest absolute Gasteiger partial charge is 0.468 e. The predicted molar refractivity (Wildman–Crippen MR) is 129 cm³/mol. The molecule has 0 radical (unpaired) electrons. The summed E-state index contributed by atoms with van der Waals surface area (Å²) in [6.45, 7) is 0.289. The monoisotopic (exact) mass is 516 g/mol. The van der Waals surface area contributed by atoms with Crippen LogP contribution in [0, 0.1) is 0 Å². The highest BCUT2D eigenvalue weighted by atomic mass is 35.5. The molecule has 35 heavy (non-hydrogen) atoms. The van der Waals surface area contributed by atoms with Crippen molar-refractivity contribution in [1.29, 1.82) is 0 Å². The highest BCUT2D eigenvalue weighted by molar-refractivity contribution is 7.92. The van der Waals surface area contributed by atoms with Crippen molar-refractivity contribution < 1.29 is 32.6 Å². The van der Waals surface area contributed by atoms with Crippen molar-refractivity contribution in [2.24, 2.45) is 0 Å². The van der Waals surface area contributed by atoms with Crippen molar-refractivity contribution in [1.82, 2.24) is 4.90 Å². The van der Waals surface area contributed by atoms with Gasteiger partial charge in [0.1, 0.15) is 11.4 Å². The lowest BCUT2D eigenvalue weighted by molar-refractivity contribution is -0.0369. The molecule has 2 N–H and O–H groups in total. The Morgan fingerprint density at radius 3 is 2.20 bits per heavy atom. The summed E-state index contributed by atoms with van der Waals surface area (Å²) in [7, 11) is -2.98. The fourth-order valence-corrected chi connectivity index (χ4v) is 4.75. The van der Waals surface area contributed by atoms with Gasteiger partial charge in [-0.2, -0.15) is 0 Å². The number of hydrogen-bond acceptors (Lipinski definition) is 6. The number of benzene rings is 3. The Kier molecular flexibility index (Phi) is 6.86. The van der Waals surface area contributed by atoms with Gasteiger partial charge in [-0.05, 0) is 47.5 Å². The van der Waals surface area contributed by atoms with Crippen LogP contribution < -0.4 is 9.46 Å². The van der Waals surface area contributed by atoms with Crippen LogP contribution in [0.15, 0.2) is 71.6 Å². The number of nitrogens with one attached hydrogen (secondary N) is 1. The van der Waals surface area contributed by atoms with Crippen molar-refractivity contribution in [3.8, 4) is 16.9 Å². The first-order chi connectivity index (χ1) is 16.7. The lowest BCUT2D eigenvalue weighted by atomic mass is 10.1. The first kappa shape index (κ1) is 24.4. The first-order valence-electron chi connectivity index (χ1n) is 10.5. The van der Waals surface area contributed by atoms with Crippen LogP contribution in [0.2, 0.25) is 5.02 Å². The third-order valence-corrected chi connectivity index (χ3v) is 7.10. The number of carboxylic acid groups (broad SMARTS) is 1. The van der Waals surface area contributed by atoms with Crippen LogP contribution in [-0.4, -0.2) is 50.4 Å². The van der Waals surface area contributed by atoms with E-state index in [1.54, 1.807) is 24.3 Å². The zero-order valence-electron chi connectivity index (χ0n) is 18.5. The molecule has 1 heterocycles. The van der Waals surface area contributed by atoms with Crippen LogP contribution >= 0.6 is 11.6 Å². The summed E-state index contributed by atoms with van der Waals surface area (Å²) in [4.78, 5) is 24.7. The van der Waals surface area contributed by atoms with Crippen molar-refractivity contribution >= 4 is 39.4 Å². The van der Waals surface area contributed by atoms with E-state index in [0.29, 0.717) is 11.4 Å². The van der Waals surface area contributed by atoms with Crippen LogP contribution in [0.4, 0.5) is 10.5 Å². The van der Waals surface area contributed by atoms with Gasteiger partial charge in [0.25, 0.3) is 10.0 Å². The van der Waals surface area contributed by atoms with Crippen molar-refractivity contribution in [3.05, 3.63) is 77.3 Å². The van der Waals surface area contributed by atoms with Crippen LogP contribution in [0.1, 0.15) is 16.8 Å². The number of para-hydroxylation sites is 1. The molecule has 0 aromatic heterocycles. The maximum absolute atomic E-state index is 13.2. The Balaban J connectivity index is 1.65. The Hall–Kier alpha value is -3.76. The maximum atomic E-state index is 13.2. The molecule has 3 aromatic rings. The number of amides is 1. The van der Waals surface area contributed by atoms with E-state index >= 15 is 0 Å². The van der Waals surface area contributed by atoms with Crippen LogP contribution in [0.5, 0.6) is 5.75 Å². The van der Waals surface area contributed by atoms with E-state index in [2.05, 4.69) is 4.72 Å². The highest BCUT2D eigenvalue weighted by Crippen LogP contribution is 2.34. The van der Waals surface area contributed by atoms with Crippen LogP contribution in [-0.2, 0) is 14.8 Å². The molecule has 0 spiro atoms. The standard InChI is InChI=1S/C24H21ClN2O7S/c1-33-23(28)19-3-2-4-20(34-21-13-14-27(21)24(29)30)22(19)26-35(31,32)18-11-7-16(8-12-18)15-5-9-17(25)10-6-15/h2-12,21,26H,13-14H2,1H3,(H,29,30). The number of esters is 1. The highest BCUT2D eigenvalue weighted by Gasteiger charge is 2.35. The van der Waals surface area contributed by atoms with Crippen molar-refractivity contribution in [2.45, 2.75) is 17.5 Å². The zero-order chi connectivity index (χ0) is 25.2. The Bertz CT molecular complexity index is 1360. The number of carbonyl (C=O) groups excluding carboxylic acids is 1. The Labute approximate surface area is 206 Å². The average molecular weight is 517 g/mol. The number of methoxy groups -OCH3 is 1. The number of carbonyl (C=O) groups is 2. The van der Waals surface area contributed by atoms with Crippen molar-refractivity contribution in [2.75, 3.05) is 18.4 Å². The molecule has 1 aliphatic rings. The first-order valence-corrected chi connectivity index (χ1v) is 12.3. The summed E-state index contributed by atoms with van der Waals surface area (Å²) < 4.78 is 39.4. The smallest absolute Gasteiger partial charge is 0.410 e. The predicted octanol–water partition coefficient (Wildman–Crippen LogP) is 4.68. The second kappa shape index (κ2) is 9.85. The van der Waals surface area contributed by atoms with E-state index in [9.17, 15) is 23.1 Å². The Morgan fingerprint density at radius 1 is 1.03 bits per heavy atom. The number of sulfonamides is 1. The molecular formula is C24H21ClN2O7S. The van der Waals surface area contributed by atoms with E-state index in [4.69, 9.17) is 21.1 Å². The van der Waals surface area contributed by atoms with E-state index in [1.165, 1.54) is 37.4 Å².